The molecule has 0 saturated heterocycles. The van der Waals surface area contributed by atoms with E-state index in [4.69, 9.17) is 5.26 Å². The minimum Gasteiger partial charge on any atom is -0.304 e. The predicted octanol–water partition coefficient (Wildman–Crippen LogP) is 2.95. The van der Waals surface area contributed by atoms with Crippen LogP contribution in [0.5, 0.6) is 0 Å². The number of benzene rings is 1. The average Bonchev–Trinajstić information content (AvgIpc) is 2.25. The zero-order valence-electron chi connectivity index (χ0n) is 11.3. The van der Waals surface area contributed by atoms with Crippen molar-refractivity contribution in [3.05, 3.63) is 34.9 Å². The Hall–Kier alpha value is -1.33. The molecule has 0 aliphatic rings. The monoisotopic (exact) mass is 230 g/mol. The maximum absolute atomic E-state index is 8.46. The third-order valence-corrected chi connectivity index (χ3v) is 2.99. The molecule has 1 aromatic carbocycles. The van der Waals surface area contributed by atoms with Crippen molar-refractivity contribution in [1.29, 1.82) is 5.26 Å². The Morgan fingerprint density at radius 3 is 2.59 bits per heavy atom. The Balaban J connectivity index is 2.74. The highest BCUT2D eigenvalue weighted by Gasteiger charge is 2.14. The van der Waals surface area contributed by atoms with E-state index in [1.165, 1.54) is 16.7 Å². The van der Waals surface area contributed by atoms with Crippen molar-refractivity contribution in [2.75, 3.05) is 13.1 Å². The molecule has 0 aliphatic carbocycles. The summed E-state index contributed by atoms with van der Waals surface area (Å²) in [5, 5.41) is 11.6. The Morgan fingerprint density at radius 1 is 1.29 bits per heavy atom. The van der Waals surface area contributed by atoms with Gasteiger partial charge in [-0.1, -0.05) is 39.0 Å². The topological polar surface area (TPSA) is 35.8 Å². The third kappa shape index (κ3) is 4.20. The van der Waals surface area contributed by atoms with Gasteiger partial charge in [-0.25, -0.2) is 0 Å². The van der Waals surface area contributed by atoms with Crippen molar-refractivity contribution in [3.63, 3.8) is 0 Å². The molecule has 2 nitrogen and oxygen atoms in total. The molecule has 0 bridgehead atoms. The lowest BCUT2D eigenvalue weighted by Crippen LogP contribution is -2.18. The molecule has 1 rings (SSSR count). The van der Waals surface area contributed by atoms with Gasteiger partial charge in [-0.15, -0.1) is 0 Å². The van der Waals surface area contributed by atoms with Crippen LogP contribution in [0.1, 0.15) is 37.5 Å². The number of hydrogen-bond donors (Lipinski definition) is 1. The molecule has 0 heterocycles. The van der Waals surface area contributed by atoms with E-state index in [1.54, 1.807) is 0 Å². The zero-order chi connectivity index (χ0) is 12.9. The van der Waals surface area contributed by atoms with Crippen LogP contribution in [0.3, 0.4) is 0 Å². The minimum atomic E-state index is 0.197. The number of nitrogens with zero attached hydrogens (tertiary/aromatic N) is 1. The van der Waals surface area contributed by atoms with Crippen LogP contribution in [0.2, 0.25) is 0 Å². The van der Waals surface area contributed by atoms with Crippen molar-refractivity contribution in [2.45, 2.75) is 39.5 Å². The first-order valence-corrected chi connectivity index (χ1v) is 6.13. The molecule has 0 amide bonds. The van der Waals surface area contributed by atoms with Crippen LogP contribution >= 0.6 is 0 Å². The lowest BCUT2D eigenvalue weighted by atomic mass is 9.85. The summed E-state index contributed by atoms with van der Waals surface area (Å²) in [7, 11) is 0. The highest BCUT2D eigenvalue weighted by molar-refractivity contribution is 5.34. The second-order valence-corrected chi connectivity index (χ2v) is 5.48. The number of rotatable bonds is 4. The van der Waals surface area contributed by atoms with Crippen molar-refractivity contribution < 1.29 is 0 Å². The normalized spacial score (nSPS) is 11.2. The fourth-order valence-electron chi connectivity index (χ4n) is 1.77. The summed E-state index contributed by atoms with van der Waals surface area (Å²) in [6.45, 7) is 10.1. The predicted molar refractivity (Wildman–Crippen MR) is 72.1 cm³/mol. The summed E-state index contributed by atoms with van der Waals surface area (Å²) in [5.74, 6) is 0. The molecule has 0 spiro atoms. The molecule has 92 valence electrons. The fraction of sp³-hybridized carbons (Fsp3) is 0.533. The van der Waals surface area contributed by atoms with Crippen LogP contribution < -0.4 is 5.32 Å². The van der Waals surface area contributed by atoms with Gasteiger partial charge in [0.2, 0.25) is 0 Å². The second kappa shape index (κ2) is 5.84. The van der Waals surface area contributed by atoms with Gasteiger partial charge in [0, 0.05) is 6.54 Å². The van der Waals surface area contributed by atoms with E-state index in [-0.39, 0.29) is 5.41 Å². The van der Waals surface area contributed by atoms with E-state index in [2.05, 4.69) is 57.3 Å². The van der Waals surface area contributed by atoms with Gasteiger partial charge < -0.3 is 5.32 Å². The molecule has 1 aromatic rings. The van der Waals surface area contributed by atoms with Gasteiger partial charge in [0.15, 0.2) is 0 Å². The minimum absolute atomic E-state index is 0.197. The summed E-state index contributed by atoms with van der Waals surface area (Å²) < 4.78 is 0. The fourth-order valence-corrected chi connectivity index (χ4v) is 1.77. The van der Waals surface area contributed by atoms with Gasteiger partial charge in [-0.05, 0) is 35.4 Å². The first kappa shape index (κ1) is 13.7. The summed E-state index contributed by atoms with van der Waals surface area (Å²) in [6.07, 6.45) is 0.984. The molecule has 1 N–H and O–H groups in total. The average molecular weight is 230 g/mol. The number of nitriles is 1. The zero-order valence-corrected chi connectivity index (χ0v) is 11.3. The summed E-state index contributed by atoms with van der Waals surface area (Å²) in [5.41, 5.74) is 4.28. The van der Waals surface area contributed by atoms with Gasteiger partial charge in [0.25, 0.3) is 0 Å². The lowest BCUT2D eigenvalue weighted by Gasteiger charge is -2.21. The van der Waals surface area contributed by atoms with E-state index in [0.29, 0.717) is 6.54 Å². The molecule has 0 radical (unpaired) electrons. The van der Waals surface area contributed by atoms with Gasteiger partial charge in [0.1, 0.15) is 0 Å². The van der Waals surface area contributed by atoms with E-state index < -0.39 is 0 Å². The first-order chi connectivity index (χ1) is 7.95. The van der Waals surface area contributed by atoms with E-state index in [9.17, 15) is 0 Å². The van der Waals surface area contributed by atoms with E-state index in [0.717, 1.165) is 13.0 Å². The number of nitrogens with one attached hydrogen (secondary N) is 1. The maximum Gasteiger partial charge on any atom is 0.0841 e. The lowest BCUT2D eigenvalue weighted by molar-refractivity contribution is 0.588. The molecular formula is C15H22N2. The van der Waals surface area contributed by atoms with Crippen LogP contribution in [-0.4, -0.2) is 13.1 Å². The second-order valence-electron chi connectivity index (χ2n) is 5.48. The van der Waals surface area contributed by atoms with Crippen molar-refractivity contribution in [1.82, 2.24) is 5.32 Å². The third-order valence-electron chi connectivity index (χ3n) is 2.99. The van der Waals surface area contributed by atoms with Crippen LogP contribution in [0, 0.1) is 18.3 Å². The van der Waals surface area contributed by atoms with Gasteiger partial charge in [-0.3, -0.25) is 0 Å². The molecule has 0 fully saturated rings. The standard InChI is InChI=1S/C15H22N2/c1-12-5-6-14(15(2,3)4)11-13(12)7-9-17-10-8-16/h5-6,11,17H,7,9-10H2,1-4H3. The van der Waals surface area contributed by atoms with E-state index >= 15 is 0 Å². The largest absolute Gasteiger partial charge is 0.304 e. The summed E-state index contributed by atoms with van der Waals surface area (Å²) >= 11 is 0. The van der Waals surface area contributed by atoms with Gasteiger partial charge in [0.05, 0.1) is 12.6 Å². The number of aryl methyl sites for hydroxylation is 1. The highest BCUT2D eigenvalue weighted by atomic mass is 14.8. The molecule has 2 heteroatoms. The molecular weight excluding hydrogens is 208 g/mol. The summed E-state index contributed by atoms with van der Waals surface area (Å²) in [4.78, 5) is 0. The van der Waals surface area contributed by atoms with Crippen LogP contribution in [0.4, 0.5) is 0 Å². The van der Waals surface area contributed by atoms with Crippen LogP contribution in [0.25, 0.3) is 0 Å². The molecule has 17 heavy (non-hydrogen) atoms. The molecule has 0 aromatic heterocycles. The molecule has 0 atom stereocenters. The van der Waals surface area contributed by atoms with E-state index in [1.807, 2.05) is 0 Å². The Labute approximate surface area is 105 Å². The highest BCUT2D eigenvalue weighted by Crippen LogP contribution is 2.24. The van der Waals surface area contributed by atoms with Crippen molar-refractivity contribution >= 4 is 0 Å². The quantitative estimate of drug-likeness (QED) is 0.637. The Morgan fingerprint density at radius 2 is 2.00 bits per heavy atom. The summed E-state index contributed by atoms with van der Waals surface area (Å²) in [6, 6.07) is 8.79. The molecule has 0 aliphatic heterocycles. The number of hydrogen-bond acceptors (Lipinski definition) is 2. The first-order valence-electron chi connectivity index (χ1n) is 6.13. The van der Waals surface area contributed by atoms with Gasteiger partial charge in [-0.2, -0.15) is 5.26 Å². The Bertz CT molecular complexity index is 408. The van der Waals surface area contributed by atoms with Gasteiger partial charge >= 0.3 is 0 Å². The van der Waals surface area contributed by atoms with Crippen LogP contribution in [-0.2, 0) is 11.8 Å². The SMILES string of the molecule is Cc1ccc(C(C)(C)C)cc1CCNCC#N. The maximum atomic E-state index is 8.46. The van der Waals surface area contributed by atoms with Crippen LogP contribution in [0.15, 0.2) is 18.2 Å². The molecule has 0 unspecified atom stereocenters. The smallest absolute Gasteiger partial charge is 0.0841 e. The van der Waals surface area contributed by atoms with Crippen molar-refractivity contribution in [3.8, 4) is 6.07 Å². The van der Waals surface area contributed by atoms with Crippen molar-refractivity contribution in [2.24, 2.45) is 0 Å². The molecule has 0 saturated carbocycles. The Kier molecular flexibility index (Phi) is 4.72.